The van der Waals surface area contributed by atoms with E-state index in [2.05, 4.69) is 5.10 Å². The topological polar surface area (TPSA) is 78.0 Å². The molecule has 0 amide bonds. The van der Waals surface area contributed by atoms with Gasteiger partial charge in [-0.3, -0.25) is 19.6 Å². The fourth-order valence-electron chi connectivity index (χ4n) is 1.84. The lowest BCUT2D eigenvalue weighted by Gasteiger charge is -2.20. The lowest BCUT2D eigenvalue weighted by molar-refractivity contribution is -0.385. The molecule has 80 valence electrons. The Labute approximate surface area is 86.0 Å². The summed E-state index contributed by atoms with van der Waals surface area (Å²) in [7, 11) is 0. The predicted molar refractivity (Wildman–Crippen MR) is 51.4 cm³/mol. The van der Waals surface area contributed by atoms with E-state index in [4.69, 9.17) is 0 Å². The molecule has 1 aliphatic rings. The average Bonchev–Trinajstić information content (AvgIpc) is 2.67. The van der Waals surface area contributed by atoms with Crippen molar-refractivity contribution < 1.29 is 9.72 Å². The van der Waals surface area contributed by atoms with Gasteiger partial charge in [-0.25, -0.2) is 0 Å². The van der Waals surface area contributed by atoms with Crippen LogP contribution in [0.4, 0.5) is 5.69 Å². The molecule has 0 bridgehead atoms. The van der Waals surface area contributed by atoms with E-state index in [1.165, 1.54) is 17.1 Å². The van der Waals surface area contributed by atoms with Crippen LogP contribution in [0.3, 0.4) is 0 Å². The molecule has 1 aliphatic carbocycles. The van der Waals surface area contributed by atoms with Crippen molar-refractivity contribution in [3.63, 3.8) is 0 Å². The highest BCUT2D eigenvalue weighted by Crippen LogP contribution is 2.25. The Bertz CT molecular complexity index is 399. The van der Waals surface area contributed by atoms with Crippen LogP contribution in [0.1, 0.15) is 31.7 Å². The lowest BCUT2D eigenvalue weighted by Crippen LogP contribution is -2.23. The zero-order valence-electron chi connectivity index (χ0n) is 8.13. The zero-order valence-corrected chi connectivity index (χ0v) is 8.13. The van der Waals surface area contributed by atoms with Gasteiger partial charge in [-0.15, -0.1) is 0 Å². The first-order valence-corrected chi connectivity index (χ1v) is 4.90. The van der Waals surface area contributed by atoms with Crippen LogP contribution >= 0.6 is 0 Å². The van der Waals surface area contributed by atoms with Gasteiger partial charge >= 0.3 is 5.69 Å². The third-order valence-electron chi connectivity index (χ3n) is 2.64. The van der Waals surface area contributed by atoms with E-state index >= 15 is 0 Å². The second kappa shape index (κ2) is 3.80. The van der Waals surface area contributed by atoms with E-state index in [-0.39, 0.29) is 17.5 Å². The van der Waals surface area contributed by atoms with Crippen molar-refractivity contribution in [2.24, 2.45) is 0 Å². The van der Waals surface area contributed by atoms with Crippen LogP contribution in [0.5, 0.6) is 0 Å². The van der Waals surface area contributed by atoms with Crippen molar-refractivity contribution in [1.82, 2.24) is 9.78 Å². The van der Waals surface area contributed by atoms with E-state index in [9.17, 15) is 14.9 Å². The van der Waals surface area contributed by atoms with Gasteiger partial charge in [0.1, 0.15) is 18.4 Å². The third kappa shape index (κ3) is 1.88. The van der Waals surface area contributed by atoms with Gasteiger partial charge in [-0.05, 0) is 12.8 Å². The summed E-state index contributed by atoms with van der Waals surface area (Å²) in [4.78, 5) is 21.5. The standard InChI is InChI=1S/C9H11N3O3/c13-9-4-2-1-3-8(9)11-6-7(5-10-11)12(14)15/h5-6,8H,1-4H2. The Hall–Kier alpha value is -1.72. The van der Waals surface area contributed by atoms with Gasteiger partial charge in [0.2, 0.25) is 0 Å². The Morgan fingerprint density at radius 2 is 2.33 bits per heavy atom. The molecule has 1 heterocycles. The summed E-state index contributed by atoms with van der Waals surface area (Å²) in [5, 5.41) is 14.3. The fourth-order valence-corrected chi connectivity index (χ4v) is 1.84. The molecule has 0 radical (unpaired) electrons. The molecule has 1 aromatic heterocycles. The molecular formula is C9H11N3O3. The minimum Gasteiger partial charge on any atom is -0.297 e. The predicted octanol–water partition coefficient (Wildman–Crippen LogP) is 1.48. The maximum absolute atomic E-state index is 11.5. The highest BCUT2D eigenvalue weighted by Gasteiger charge is 2.25. The normalized spacial score (nSPS) is 21.6. The quantitative estimate of drug-likeness (QED) is 0.545. The summed E-state index contributed by atoms with van der Waals surface area (Å²) in [6.07, 6.45) is 5.69. The number of aromatic nitrogens is 2. The Morgan fingerprint density at radius 3 is 2.93 bits per heavy atom. The van der Waals surface area contributed by atoms with Gasteiger partial charge in [-0.2, -0.15) is 5.10 Å². The molecule has 15 heavy (non-hydrogen) atoms. The smallest absolute Gasteiger partial charge is 0.297 e. The van der Waals surface area contributed by atoms with Crippen LogP contribution in [-0.4, -0.2) is 20.5 Å². The molecule has 6 heteroatoms. The number of Topliss-reactive ketones (excluding diaryl/α,β-unsaturated/α-hetero) is 1. The largest absolute Gasteiger partial charge is 0.307 e. The van der Waals surface area contributed by atoms with Crippen LogP contribution in [0.2, 0.25) is 0 Å². The number of hydrogen-bond acceptors (Lipinski definition) is 4. The molecule has 2 rings (SSSR count). The maximum atomic E-state index is 11.5. The summed E-state index contributed by atoms with van der Waals surface area (Å²) >= 11 is 0. The first-order chi connectivity index (χ1) is 7.18. The average molecular weight is 209 g/mol. The molecule has 1 fully saturated rings. The highest BCUT2D eigenvalue weighted by molar-refractivity contribution is 5.83. The molecule has 0 N–H and O–H groups in total. The number of nitro groups is 1. The van der Waals surface area contributed by atoms with E-state index in [0.29, 0.717) is 6.42 Å². The second-order valence-electron chi connectivity index (χ2n) is 3.66. The summed E-state index contributed by atoms with van der Waals surface area (Å²) < 4.78 is 1.42. The Balaban J connectivity index is 2.20. The van der Waals surface area contributed by atoms with E-state index in [1.807, 2.05) is 0 Å². The van der Waals surface area contributed by atoms with Gasteiger partial charge in [0.25, 0.3) is 0 Å². The third-order valence-corrected chi connectivity index (χ3v) is 2.64. The first kappa shape index (κ1) is 9.82. The SMILES string of the molecule is O=C1CCCCC1n1cc([N+](=O)[O-])cn1. The minimum atomic E-state index is -0.503. The van der Waals surface area contributed by atoms with E-state index < -0.39 is 4.92 Å². The van der Waals surface area contributed by atoms with Crippen LogP contribution in [0.25, 0.3) is 0 Å². The van der Waals surface area contributed by atoms with Crippen molar-refractivity contribution in [2.75, 3.05) is 0 Å². The molecule has 1 aromatic rings. The van der Waals surface area contributed by atoms with Crippen molar-refractivity contribution >= 4 is 11.5 Å². The van der Waals surface area contributed by atoms with E-state index in [0.717, 1.165) is 19.3 Å². The number of ketones is 1. The summed E-state index contributed by atoms with van der Waals surface area (Å²) in [6.45, 7) is 0. The van der Waals surface area contributed by atoms with Crippen LogP contribution in [0.15, 0.2) is 12.4 Å². The number of rotatable bonds is 2. The lowest BCUT2D eigenvalue weighted by atomic mass is 9.94. The molecule has 0 aromatic carbocycles. The Morgan fingerprint density at radius 1 is 1.53 bits per heavy atom. The first-order valence-electron chi connectivity index (χ1n) is 4.90. The number of carbonyl (C=O) groups is 1. The maximum Gasteiger partial charge on any atom is 0.307 e. The van der Waals surface area contributed by atoms with Crippen LogP contribution in [-0.2, 0) is 4.79 Å². The second-order valence-corrected chi connectivity index (χ2v) is 3.66. The summed E-state index contributed by atoms with van der Waals surface area (Å²) in [5.74, 6) is 0.124. The number of nitrogens with zero attached hydrogens (tertiary/aromatic N) is 3. The van der Waals surface area contributed by atoms with Crippen molar-refractivity contribution in [3.8, 4) is 0 Å². The molecule has 0 spiro atoms. The highest BCUT2D eigenvalue weighted by atomic mass is 16.6. The molecule has 1 saturated carbocycles. The fraction of sp³-hybridized carbons (Fsp3) is 0.556. The van der Waals surface area contributed by atoms with Crippen molar-refractivity contribution in [2.45, 2.75) is 31.7 Å². The summed E-state index contributed by atoms with van der Waals surface area (Å²) in [5.41, 5.74) is -0.0617. The number of carbonyl (C=O) groups excluding carboxylic acids is 1. The molecule has 0 aliphatic heterocycles. The Kier molecular flexibility index (Phi) is 2.49. The number of hydrogen-bond donors (Lipinski definition) is 0. The molecule has 6 nitrogen and oxygen atoms in total. The summed E-state index contributed by atoms with van der Waals surface area (Å²) in [6, 6.07) is -0.299. The zero-order chi connectivity index (χ0) is 10.8. The van der Waals surface area contributed by atoms with Crippen molar-refractivity contribution in [1.29, 1.82) is 0 Å². The van der Waals surface area contributed by atoms with Crippen LogP contribution in [0, 0.1) is 10.1 Å². The van der Waals surface area contributed by atoms with Crippen molar-refractivity contribution in [3.05, 3.63) is 22.5 Å². The van der Waals surface area contributed by atoms with Gasteiger partial charge in [0.05, 0.1) is 4.92 Å². The van der Waals surface area contributed by atoms with Crippen LogP contribution < -0.4 is 0 Å². The van der Waals surface area contributed by atoms with Gasteiger partial charge in [-0.1, -0.05) is 6.42 Å². The molecule has 1 unspecified atom stereocenters. The molecular weight excluding hydrogens is 198 g/mol. The molecule has 0 saturated heterocycles. The van der Waals surface area contributed by atoms with Gasteiger partial charge < -0.3 is 0 Å². The van der Waals surface area contributed by atoms with Gasteiger partial charge in [0, 0.05) is 6.42 Å². The minimum absolute atomic E-state index is 0.0617. The van der Waals surface area contributed by atoms with E-state index in [1.54, 1.807) is 0 Å². The monoisotopic (exact) mass is 209 g/mol. The van der Waals surface area contributed by atoms with Gasteiger partial charge in [0.15, 0.2) is 5.78 Å². The molecule has 1 atom stereocenters.